The van der Waals surface area contributed by atoms with Crippen molar-refractivity contribution in [3.8, 4) is 0 Å². The van der Waals surface area contributed by atoms with Gasteiger partial charge in [-0.1, -0.05) is 36.4 Å². The minimum Gasteiger partial charge on any atom is -0.326 e. The number of anilines is 2. The second-order valence-corrected chi connectivity index (χ2v) is 10.1. The highest BCUT2D eigenvalue weighted by Crippen LogP contribution is 2.67. The van der Waals surface area contributed by atoms with Crippen molar-refractivity contribution in [1.29, 1.82) is 0 Å². The van der Waals surface area contributed by atoms with E-state index < -0.39 is 0 Å². The summed E-state index contributed by atoms with van der Waals surface area (Å²) in [5.74, 6) is 1.57. The van der Waals surface area contributed by atoms with Crippen molar-refractivity contribution >= 4 is 23.2 Å². The van der Waals surface area contributed by atoms with Crippen molar-refractivity contribution in [2.45, 2.75) is 51.4 Å². The van der Waals surface area contributed by atoms with Crippen molar-refractivity contribution in [2.75, 3.05) is 10.6 Å². The molecule has 4 fully saturated rings. The van der Waals surface area contributed by atoms with Gasteiger partial charge >= 0.3 is 0 Å². The number of nitrogens with one attached hydrogen (secondary N) is 2. The van der Waals surface area contributed by atoms with E-state index in [4.69, 9.17) is 0 Å². The molecule has 0 atom stereocenters. The molecule has 30 heavy (non-hydrogen) atoms. The van der Waals surface area contributed by atoms with Crippen molar-refractivity contribution in [1.82, 2.24) is 0 Å². The van der Waals surface area contributed by atoms with Crippen LogP contribution in [0.15, 0.2) is 60.7 Å². The molecule has 4 aliphatic rings. The summed E-state index contributed by atoms with van der Waals surface area (Å²) in [6.07, 6.45) is 8.04. The standard InChI is InChI=1S/C26H30N2O2/c29-23(27-21-7-3-1-4-8-21)16-25-12-19-11-20(13-25)15-26(14-19,18-25)17-24(30)28-22-9-5-2-6-10-22/h1-10,19-20H,11-18H2,(H,27,29)(H,28,30). The fourth-order valence-electron chi connectivity index (χ4n) is 7.20. The summed E-state index contributed by atoms with van der Waals surface area (Å²) < 4.78 is 0. The first-order valence-corrected chi connectivity index (χ1v) is 11.2. The normalized spacial score (nSPS) is 31.3. The third-order valence-corrected chi connectivity index (χ3v) is 7.49. The molecule has 0 spiro atoms. The first kappa shape index (κ1) is 19.3. The third kappa shape index (κ3) is 4.00. The van der Waals surface area contributed by atoms with E-state index in [0.717, 1.165) is 43.5 Å². The number of amides is 2. The average molecular weight is 403 g/mol. The van der Waals surface area contributed by atoms with Crippen LogP contribution in [-0.2, 0) is 9.59 Å². The average Bonchev–Trinajstić information content (AvgIpc) is 2.67. The zero-order valence-electron chi connectivity index (χ0n) is 17.4. The van der Waals surface area contributed by atoms with Gasteiger partial charge in [0.05, 0.1) is 0 Å². The number of benzene rings is 2. The third-order valence-electron chi connectivity index (χ3n) is 7.49. The highest BCUT2D eigenvalue weighted by molar-refractivity contribution is 5.92. The number of para-hydroxylation sites is 2. The number of hydrogen-bond donors (Lipinski definition) is 2. The molecule has 156 valence electrons. The number of carbonyl (C=O) groups is 2. The molecule has 4 heteroatoms. The maximum absolute atomic E-state index is 12.9. The second-order valence-electron chi connectivity index (χ2n) is 10.1. The van der Waals surface area contributed by atoms with E-state index in [2.05, 4.69) is 10.6 Å². The SMILES string of the molecule is O=C(CC12CC3CC(C1)CC(CC(=O)Nc1ccccc1)(C3)C2)Nc1ccccc1. The van der Waals surface area contributed by atoms with Crippen LogP contribution in [0.3, 0.4) is 0 Å². The van der Waals surface area contributed by atoms with E-state index in [1.54, 1.807) is 0 Å². The Labute approximate surface area is 178 Å². The van der Waals surface area contributed by atoms with Crippen LogP contribution in [0.1, 0.15) is 51.4 Å². The molecular weight excluding hydrogens is 372 g/mol. The summed E-state index contributed by atoms with van der Waals surface area (Å²) in [6.45, 7) is 0. The predicted molar refractivity (Wildman–Crippen MR) is 119 cm³/mol. The Morgan fingerprint density at radius 2 is 1.10 bits per heavy atom. The van der Waals surface area contributed by atoms with Crippen molar-refractivity contribution in [3.05, 3.63) is 60.7 Å². The molecule has 2 N–H and O–H groups in total. The smallest absolute Gasteiger partial charge is 0.224 e. The zero-order chi connectivity index (χ0) is 20.6. The van der Waals surface area contributed by atoms with Gasteiger partial charge < -0.3 is 10.6 Å². The van der Waals surface area contributed by atoms with Crippen molar-refractivity contribution in [3.63, 3.8) is 0 Å². The molecule has 4 nitrogen and oxygen atoms in total. The van der Waals surface area contributed by atoms with Crippen LogP contribution in [0.5, 0.6) is 0 Å². The van der Waals surface area contributed by atoms with Gasteiger partial charge in [0.2, 0.25) is 11.8 Å². The van der Waals surface area contributed by atoms with E-state index in [0.29, 0.717) is 24.7 Å². The zero-order valence-corrected chi connectivity index (χ0v) is 17.4. The lowest BCUT2D eigenvalue weighted by molar-refractivity contribution is -0.142. The minimum absolute atomic E-state index is 0.0655. The summed E-state index contributed by atoms with van der Waals surface area (Å²) in [6, 6.07) is 19.4. The van der Waals surface area contributed by atoms with Crippen LogP contribution in [0.4, 0.5) is 11.4 Å². The van der Waals surface area contributed by atoms with Crippen molar-refractivity contribution in [2.24, 2.45) is 22.7 Å². The molecule has 2 aromatic carbocycles. The van der Waals surface area contributed by atoms with Gasteiger partial charge in [0.25, 0.3) is 0 Å². The van der Waals surface area contributed by atoms with Crippen molar-refractivity contribution < 1.29 is 9.59 Å². The van der Waals surface area contributed by atoms with E-state index in [9.17, 15) is 9.59 Å². The Hall–Kier alpha value is -2.62. The highest BCUT2D eigenvalue weighted by Gasteiger charge is 2.58. The van der Waals surface area contributed by atoms with Gasteiger partial charge in [0.15, 0.2) is 0 Å². The first-order valence-electron chi connectivity index (χ1n) is 11.2. The van der Waals surface area contributed by atoms with Gasteiger partial charge in [-0.2, -0.15) is 0 Å². The van der Waals surface area contributed by atoms with E-state index in [1.165, 1.54) is 6.42 Å². The number of hydrogen-bond acceptors (Lipinski definition) is 2. The fourth-order valence-corrected chi connectivity index (χ4v) is 7.20. The van der Waals surface area contributed by atoms with Crippen LogP contribution >= 0.6 is 0 Å². The van der Waals surface area contributed by atoms with Gasteiger partial charge in [0.1, 0.15) is 0 Å². The van der Waals surface area contributed by atoms with Crippen LogP contribution in [0.25, 0.3) is 0 Å². The molecule has 0 unspecified atom stereocenters. The highest BCUT2D eigenvalue weighted by atomic mass is 16.2. The Bertz CT molecular complexity index is 837. The molecule has 4 aliphatic carbocycles. The summed E-state index contributed by atoms with van der Waals surface area (Å²) in [5.41, 5.74) is 1.86. The number of carbonyl (C=O) groups excluding carboxylic acids is 2. The molecule has 0 aromatic heterocycles. The number of rotatable bonds is 6. The molecule has 0 saturated heterocycles. The van der Waals surface area contributed by atoms with Gasteiger partial charge in [-0.3, -0.25) is 9.59 Å². The van der Waals surface area contributed by atoms with Crippen LogP contribution in [0, 0.1) is 22.7 Å². The Morgan fingerprint density at radius 3 is 1.50 bits per heavy atom. The van der Waals surface area contributed by atoms with Gasteiger partial charge in [0, 0.05) is 24.2 Å². The Morgan fingerprint density at radius 1 is 0.700 bits per heavy atom. The topological polar surface area (TPSA) is 58.2 Å². The van der Waals surface area contributed by atoms with Gasteiger partial charge in [-0.25, -0.2) is 0 Å². The van der Waals surface area contributed by atoms with E-state index in [-0.39, 0.29) is 22.6 Å². The predicted octanol–water partition coefficient (Wildman–Crippen LogP) is 5.63. The minimum atomic E-state index is 0.0655. The Balaban J connectivity index is 1.28. The monoisotopic (exact) mass is 402 g/mol. The maximum Gasteiger partial charge on any atom is 0.224 e. The van der Waals surface area contributed by atoms with Crippen LogP contribution < -0.4 is 10.6 Å². The lowest BCUT2D eigenvalue weighted by Crippen LogP contribution is -2.53. The fraction of sp³-hybridized carbons (Fsp3) is 0.462. The largest absolute Gasteiger partial charge is 0.326 e. The van der Waals surface area contributed by atoms with Crippen LogP contribution in [-0.4, -0.2) is 11.8 Å². The molecule has 4 saturated carbocycles. The molecule has 2 aromatic rings. The molecule has 0 radical (unpaired) electrons. The molecule has 2 amide bonds. The maximum atomic E-state index is 12.9. The molecule has 6 rings (SSSR count). The summed E-state index contributed by atoms with van der Waals surface area (Å²) in [7, 11) is 0. The summed E-state index contributed by atoms with van der Waals surface area (Å²) in [4.78, 5) is 25.7. The quantitative estimate of drug-likeness (QED) is 0.658. The summed E-state index contributed by atoms with van der Waals surface area (Å²) >= 11 is 0. The van der Waals surface area contributed by atoms with Gasteiger partial charge in [-0.05, 0) is 85.5 Å². The molecule has 0 aliphatic heterocycles. The lowest BCUT2D eigenvalue weighted by atomic mass is 9.43. The Kier molecular flexibility index (Phi) is 4.88. The van der Waals surface area contributed by atoms with E-state index >= 15 is 0 Å². The molecular formula is C26H30N2O2. The summed E-state index contributed by atoms with van der Waals surface area (Å²) in [5, 5.41) is 6.17. The first-order chi connectivity index (χ1) is 14.5. The second kappa shape index (κ2) is 7.57. The molecule has 0 heterocycles. The van der Waals surface area contributed by atoms with Gasteiger partial charge in [-0.15, -0.1) is 0 Å². The van der Waals surface area contributed by atoms with Crippen LogP contribution in [0.2, 0.25) is 0 Å². The molecule has 4 bridgehead atoms. The lowest BCUT2D eigenvalue weighted by Gasteiger charge is -2.62. The van der Waals surface area contributed by atoms with E-state index in [1.807, 2.05) is 60.7 Å².